The predicted molar refractivity (Wildman–Crippen MR) is 76.3 cm³/mol. The molecule has 1 aromatic rings. The predicted octanol–water partition coefficient (Wildman–Crippen LogP) is 3.79. The number of rotatable bonds is 4. The van der Waals surface area contributed by atoms with Gasteiger partial charge in [0.1, 0.15) is 0 Å². The number of amides is 1. The summed E-state index contributed by atoms with van der Waals surface area (Å²) in [6, 6.07) is 0. The number of aromatic nitrogens is 1. The van der Waals surface area contributed by atoms with Crippen LogP contribution in [0.3, 0.4) is 0 Å². The number of hydrogen-bond acceptors (Lipinski definition) is 3. The number of hydrogen-bond donors (Lipinski definition) is 1. The van der Waals surface area contributed by atoms with E-state index in [1.807, 2.05) is 0 Å². The average molecular weight is 276 g/mol. The quantitative estimate of drug-likeness (QED) is 0.909. The highest BCUT2D eigenvalue weighted by Gasteiger charge is 2.40. The summed E-state index contributed by atoms with van der Waals surface area (Å²) in [6.07, 6.45) is 8.65. The molecule has 2 bridgehead atoms. The molecule has 0 aliphatic heterocycles. The highest BCUT2D eigenvalue weighted by atomic mass is 32.1. The van der Waals surface area contributed by atoms with Gasteiger partial charge in [0.25, 0.3) is 0 Å². The number of carbonyl (C=O) groups is 1. The fourth-order valence-corrected chi connectivity index (χ4v) is 4.75. The molecule has 3 unspecified atom stereocenters. The van der Waals surface area contributed by atoms with Gasteiger partial charge >= 0.3 is 0 Å². The van der Waals surface area contributed by atoms with Gasteiger partial charge in [-0.25, -0.2) is 4.98 Å². The molecule has 3 aliphatic carbocycles. The van der Waals surface area contributed by atoms with Crippen LogP contribution in [0.1, 0.15) is 56.6 Å². The largest absolute Gasteiger partial charge is 0.302 e. The van der Waals surface area contributed by atoms with Gasteiger partial charge < -0.3 is 5.32 Å². The third-order valence-electron chi connectivity index (χ3n) is 5.10. The van der Waals surface area contributed by atoms with E-state index in [2.05, 4.69) is 15.7 Å². The molecule has 3 nitrogen and oxygen atoms in total. The van der Waals surface area contributed by atoms with E-state index in [1.54, 1.807) is 11.3 Å². The van der Waals surface area contributed by atoms with Crippen LogP contribution in [0.25, 0.3) is 0 Å². The molecule has 4 rings (SSSR count). The Bertz CT molecular complexity index is 494. The fraction of sp³-hybridized carbons (Fsp3) is 0.733. The molecule has 0 saturated heterocycles. The van der Waals surface area contributed by atoms with Crippen molar-refractivity contribution in [2.75, 3.05) is 5.32 Å². The molecule has 0 aromatic carbocycles. The molecule has 1 amide bonds. The van der Waals surface area contributed by atoms with Crippen molar-refractivity contribution in [3.8, 4) is 0 Å². The fourth-order valence-electron chi connectivity index (χ4n) is 3.95. The van der Waals surface area contributed by atoms with Crippen LogP contribution in [-0.4, -0.2) is 10.9 Å². The minimum Gasteiger partial charge on any atom is -0.302 e. The number of nitrogens with zero attached hydrogens (tertiary/aromatic N) is 1. The lowest BCUT2D eigenvalue weighted by Crippen LogP contribution is -2.20. The van der Waals surface area contributed by atoms with E-state index >= 15 is 0 Å². The Hall–Kier alpha value is -0.900. The standard InChI is InChI=1S/C15H20N2OS/c18-14(7-12-6-9-1-2-11(12)5-9)17-15-16-13(8-19-15)10-3-4-10/h8-12H,1-7H2,(H,16,17,18). The molecule has 4 heteroatoms. The van der Waals surface area contributed by atoms with E-state index in [0.29, 0.717) is 18.3 Å². The van der Waals surface area contributed by atoms with Crippen LogP contribution in [0.15, 0.2) is 5.38 Å². The summed E-state index contributed by atoms with van der Waals surface area (Å²) in [5, 5.41) is 5.90. The number of carbonyl (C=O) groups excluding carboxylic acids is 1. The SMILES string of the molecule is O=C(CC1CC2CCC1C2)Nc1nc(C2CC2)cs1. The molecular weight excluding hydrogens is 256 g/mol. The zero-order chi connectivity index (χ0) is 12.8. The molecule has 3 fully saturated rings. The lowest BCUT2D eigenvalue weighted by Gasteiger charge is -2.20. The van der Waals surface area contributed by atoms with Gasteiger partial charge in [0.05, 0.1) is 5.69 Å². The maximum Gasteiger partial charge on any atom is 0.226 e. The Morgan fingerprint density at radius 3 is 2.89 bits per heavy atom. The van der Waals surface area contributed by atoms with Crippen LogP contribution in [0.5, 0.6) is 0 Å². The highest BCUT2D eigenvalue weighted by molar-refractivity contribution is 7.13. The van der Waals surface area contributed by atoms with Crippen LogP contribution >= 0.6 is 11.3 Å². The molecule has 3 aliphatic rings. The van der Waals surface area contributed by atoms with Crippen molar-refractivity contribution < 1.29 is 4.79 Å². The summed E-state index contributed by atoms with van der Waals surface area (Å²) in [5.41, 5.74) is 1.18. The van der Waals surface area contributed by atoms with E-state index in [4.69, 9.17) is 0 Å². The van der Waals surface area contributed by atoms with Gasteiger partial charge in [-0.1, -0.05) is 6.42 Å². The van der Waals surface area contributed by atoms with Gasteiger partial charge in [0.15, 0.2) is 5.13 Å². The van der Waals surface area contributed by atoms with E-state index in [0.717, 1.165) is 17.0 Å². The third-order valence-corrected chi connectivity index (χ3v) is 5.87. The Labute approximate surface area is 117 Å². The normalized spacial score (nSPS) is 32.7. The minimum atomic E-state index is 0.175. The van der Waals surface area contributed by atoms with Gasteiger partial charge in [-0.15, -0.1) is 11.3 Å². The molecule has 1 aromatic heterocycles. The van der Waals surface area contributed by atoms with Crippen molar-refractivity contribution in [2.24, 2.45) is 17.8 Å². The second kappa shape index (κ2) is 4.58. The van der Waals surface area contributed by atoms with E-state index < -0.39 is 0 Å². The molecule has 0 radical (unpaired) electrons. The van der Waals surface area contributed by atoms with Crippen LogP contribution in [0.2, 0.25) is 0 Å². The molecule has 1 N–H and O–H groups in total. The van der Waals surface area contributed by atoms with Crippen LogP contribution in [0.4, 0.5) is 5.13 Å². The van der Waals surface area contributed by atoms with Crippen molar-refractivity contribution in [2.45, 2.75) is 50.9 Å². The lowest BCUT2D eigenvalue weighted by molar-refractivity contribution is -0.117. The lowest BCUT2D eigenvalue weighted by atomic mass is 9.86. The average Bonchev–Trinajstić information content (AvgIpc) is 2.83. The first-order valence-corrected chi connectivity index (χ1v) is 8.41. The molecule has 3 saturated carbocycles. The Balaban J connectivity index is 1.33. The van der Waals surface area contributed by atoms with Gasteiger partial charge in [-0.2, -0.15) is 0 Å². The van der Waals surface area contributed by atoms with Gasteiger partial charge in [-0.05, 0) is 49.9 Å². The maximum atomic E-state index is 12.1. The van der Waals surface area contributed by atoms with E-state index in [-0.39, 0.29) is 5.91 Å². The summed E-state index contributed by atoms with van der Waals surface area (Å²) in [7, 11) is 0. The first-order valence-electron chi connectivity index (χ1n) is 7.53. The van der Waals surface area contributed by atoms with E-state index in [9.17, 15) is 4.79 Å². The van der Waals surface area contributed by atoms with Crippen molar-refractivity contribution in [1.29, 1.82) is 0 Å². The van der Waals surface area contributed by atoms with Gasteiger partial charge in [0, 0.05) is 17.7 Å². The second-order valence-electron chi connectivity index (χ2n) is 6.54. The van der Waals surface area contributed by atoms with Crippen molar-refractivity contribution in [3.63, 3.8) is 0 Å². The summed E-state index contributed by atoms with van der Waals surface area (Å²) < 4.78 is 0. The molecule has 0 spiro atoms. The monoisotopic (exact) mass is 276 g/mol. The molecule has 102 valence electrons. The third kappa shape index (κ3) is 2.42. The smallest absolute Gasteiger partial charge is 0.226 e. The van der Waals surface area contributed by atoms with E-state index in [1.165, 1.54) is 44.2 Å². The number of anilines is 1. The molecular formula is C15H20N2OS. The molecule has 19 heavy (non-hydrogen) atoms. The first kappa shape index (κ1) is 11.9. The number of thiazole rings is 1. The van der Waals surface area contributed by atoms with Crippen LogP contribution < -0.4 is 5.32 Å². The van der Waals surface area contributed by atoms with Crippen molar-refractivity contribution in [3.05, 3.63) is 11.1 Å². The number of nitrogens with one attached hydrogen (secondary N) is 1. The minimum absolute atomic E-state index is 0.175. The van der Waals surface area contributed by atoms with Crippen LogP contribution in [0, 0.1) is 17.8 Å². The van der Waals surface area contributed by atoms with Crippen LogP contribution in [-0.2, 0) is 4.79 Å². The zero-order valence-electron chi connectivity index (χ0n) is 11.1. The highest BCUT2D eigenvalue weighted by Crippen LogP contribution is 2.49. The van der Waals surface area contributed by atoms with Crippen molar-refractivity contribution in [1.82, 2.24) is 4.98 Å². The Morgan fingerprint density at radius 1 is 1.32 bits per heavy atom. The Morgan fingerprint density at radius 2 is 2.21 bits per heavy atom. The summed E-state index contributed by atoms with van der Waals surface area (Å²) in [4.78, 5) is 16.6. The Kier molecular flexibility index (Phi) is 2.87. The molecule has 3 atom stereocenters. The maximum absolute atomic E-state index is 12.1. The number of fused-ring (bicyclic) bond motifs is 2. The summed E-state index contributed by atoms with van der Waals surface area (Å²) in [5.74, 6) is 3.24. The molecule has 1 heterocycles. The summed E-state index contributed by atoms with van der Waals surface area (Å²) in [6.45, 7) is 0. The second-order valence-corrected chi connectivity index (χ2v) is 7.40. The summed E-state index contributed by atoms with van der Waals surface area (Å²) >= 11 is 1.58. The van der Waals surface area contributed by atoms with Gasteiger partial charge in [-0.3, -0.25) is 4.79 Å². The first-order chi connectivity index (χ1) is 9.28. The van der Waals surface area contributed by atoms with Crippen molar-refractivity contribution >= 4 is 22.4 Å². The van der Waals surface area contributed by atoms with Gasteiger partial charge in [0.2, 0.25) is 5.91 Å². The topological polar surface area (TPSA) is 42.0 Å². The zero-order valence-corrected chi connectivity index (χ0v) is 11.9.